The van der Waals surface area contributed by atoms with Crippen molar-refractivity contribution in [3.63, 3.8) is 0 Å². The van der Waals surface area contributed by atoms with E-state index in [0.717, 1.165) is 0 Å². The van der Waals surface area contributed by atoms with E-state index in [0.29, 0.717) is 34.8 Å². The fourth-order valence-electron chi connectivity index (χ4n) is 3.55. The summed E-state index contributed by atoms with van der Waals surface area (Å²) in [4.78, 5) is 24.5. The predicted molar refractivity (Wildman–Crippen MR) is 121 cm³/mol. The van der Waals surface area contributed by atoms with Crippen molar-refractivity contribution in [3.05, 3.63) is 65.4 Å². The van der Waals surface area contributed by atoms with Crippen LogP contribution in [0.4, 0.5) is 10.5 Å². The number of nitrogens with two attached hydrogens (primary N) is 1. The Morgan fingerprint density at radius 2 is 1.94 bits per heavy atom. The number of aromatic nitrogens is 2. The summed E-state index contributed by atoms with van der Waals surface area (Å²) in [6.07, 6.45) is 2.16. The van der Waals surface area contributed by atoms with E-state index in [9.17, 15) is 18.0 Å². The number of anilines is 1. The van der Waals surface area contributed by atoms with Crippen LogP contribution in [0.1, 0.15) is 11.6 Å². The van der Waals surface area contributed by atoms with Crippen molar-refractivity contribution in [1.82, 2.24) is 14.7 Å². The lowest BCUT2D eigenvalue weighted by molar-refractivity contribution is -0.115. The van der Waals surface area contributed by atoms with Crippen molar-refractivity contribution < 1.29 is 23.1 Å². The van der Waals surface area contributed by atoms with Crippen LogP contribution in [0.2, 0.25) is 5.02 Å². The van der Waals surface area contributed by atoms with Crippen molar-refractivity contribution in [2.45, 2.75) is 17.4 Å². The molecule has 0 radical (unpaired) electrons. The van der Waals surface area contributed by atoms with E-state index >= 15 is 0 Å². The van der Waals surface area contributed by atoms with Gasteiger partial charge in [0.1, 0.15) is 0 Å². The molecule has 2 amide bonds. The zero-order valence-electron chi connectivity index (χ0n) is 17.2. The molecule has 4 N–H and O–H groups in total. The predicted octanol–water partition coefficient (Wildman–Crippen LogP) is 2.57. The molecule has 10 nitrogen and oxygen atoms in total. The summed E-state index contributed by atoms with van der Waals surface area (Å²) >= 11 is 6.09. The van der Waals surface area contributed by atoms with Gasteiger partial charge in [-0.1, -0.05) is 35.9 Å². The van der Waals surface area contributed by atoms with E-state index in [4.69, 9.17) is 21.8 Å². The van der Waals surface area contributed by atoms with E-state index in [1.54, 1.807) is 41.2 Å². The largest absolute Gasteiger partial charge is 0.465 e. The highest BCUT2D eigenvalue weighted by atomic mass is 35.5. The number of carbonyl (C=O) groups is 2. The number of rotatable bonds is 6. The Hall–Kier alpha value is -3.41. The second-order valence-corrected chi connectivity index (χ2v) is 9.56. The highest BCUT2D eigenvalue weighted by molar-refractivity contribution is 7.89. The van der Waals surface area contributed by atoms with Gasteiger partial charge in [-0.15, -0.1) is 0 Å². The molecule has 1 saturated heterocycles. The van der Waals surface area contributed by atoms with Crippen molar-refractivity contribution >= 4 is 39.3 Å². The standard InChI is InChI=1S/C21H20ClN5O5S/c22-18-4-2-1-3-13(18)7-20(28)25-15-5-6-17(19(8-15)33(23,31)32)14-9-24-27(10-14)16-11-26(12-16)21(29)30/h1-6,8-10,16H,7,11-12H2,(H,25,28)(H,29,30)(H2,23,31,32). The maximum absolute atomic E-state index is 12.4. The van der Waals surface area contributed by atoms with E-state index in [2.05, 4.69) is 10.4 Å². The zero-order valence-corrected chi connectivity index (χ0v) is 18.8. The topological polar surface area (TPSA) is 148 Å². The van der Waals surface area contributed by atoms with Gasteiger partial charge in [0.25, 0.3) is 0 Å². The average molecular weight is 490 g/mol. The minimum atomic E-state index is -4.12. The molecule has 0 atom stereocenters. The molecule has 0 unspecified atom stereocenters. The molecule has 1 aromatic heterocycles. The van der Waals surface area contributed by atoms with Crippen LogP contribution in [0.3, 0.4) is 0 Å². The first-order chi connectivity index (χ1) is 15.6. The van der Waals surface area contributed by atoms with Gasteiger partial charge >= 0.3 is 6.09 Å². The number of likely N-dealkylation sites (tertiary alicyclic amines) is 1. The van der Waals surface area contributed by atoms with E-state index in [1.807, 2.05) is 0 Å². The van der Waals surface area contributed by atoms with Crippen LogP contribution in [0.25, 0.3) is 11.1 Å². The van der Waals surface area contributed by atoms with Gasteiger partial charge in [-0.3, -0.25) is 9.48 Å². The first kappa shape index (κ1) is 22.8. The Morgan fingerprint density at radius 3 is 2.61 bits per heavy atom. The minimum Gasteiger partial charge on any atom is -0.465 e. The molecule has 0 spiro atoms. The summed E-state index contributed by atoms with van der Waals surface area (Å²) in [5.41, 5.74) is 1.73. The summed E-state index contributed by atoms with van der Waals surface area (Å²) in [5, 5.41) is 21.8. The number of amides is 2. The van der Waals surface area contributed by atoms with Gasteiger partial charge < -0.3 is 15.3 Å². The molecule has 12 heteroatoms. The van der Waals surface area contributed by atoms with E-state index < -0.39 is 16.1 Å². The second-order valence-electron chi connectivity index (χ2n) is 7.62. The SMILES string of the molecule is NS(=O)(=O)c1cc(NC(=O)Cc2ccccc2Cl)ccc1-c1cnn(C2CN(C(=O)O)C2)c1. The lowest BCUT2D eigenvalue weighted by Crippen LogP contribution is -2.50. The number of hydrogen-bond donors (Lipinski definition) is 3. The molecule has 0 aliphatic carbocycles. The fourth-order valence-corrected chi connectivity index (χ4v) is 4.54. The van der Waals surface area contributed by atoms with Gasteiger partial charge in [0.05, 0.1) is 23.6 Å². The van der Waals surface area contributed by atoms with Crippen LogP contribution in [-0.4, -0.2) is 53.3 Å². The first-order valence-electron chi connectivity index (χ1n) is 9.84. The van der Waals surface area contributed by atoms with Crippen molar-refractivity contribution in [2.75, 3.05) is 18.4 Å². The highest BCUT2D eigenvalue weighted by Gasteiger charge is 2.32. The fraction of sp³-hybridized carbons (Fsp3) is 0.190. The number of sulfonamides is 1. The second kappa shape index (κ2) is 8.85. The van der Waals surface area contributed by atoms with Crippen LogP contribution in [0.5, 0.6) is 0 Å². The van der Waals surface area contributed by atoms with E-state index in [1.165, 1.54) is 23.2 Å². The number of hydrogen-bond acceptors (Lipinski definition) is 5. The molecule has 1 aliphatic heterocycles. The van der Waals surface area contributed by atoms with Gasteiger partial charge in [0.2, 0.25) is 15.9 Å². The third-order valence-corrected chi connectivity index (χ3v) is 6.62. The lowest BCUT2D eigenvalue weighted by Gasteiger charge is -2.36. The summed E-state index contributed by atoms with van der Waals surface area (Å²) in [5.74, 6) is -0.364. The minimum absolute atomic E-state index is 0.0215. The molecule has 2 heterocycles. The number of nitrogens with one attached hydrogen (secondary N) is 1. The smallest absolute Gasteiger partial charge is 0.407 e. The highest BCUT2D eigenvalue weighted by Crippen LogP contribution is 2.31. The first-order valence-corrected chi connectivity index (χ1v) is 11.8. The number of halogens is 1. The Labute approximate surface area is 194 Å². The molecule has 1 aliphatic rings. The maximum atomic E-state index is 12.4. The molecular weight excluding hydrogens is 470 g/mol. The van der Waals surface area contributed by atoms with Crippen LogP contribution in [-0.2, 0) is 21.2 Å². The van der Waals surface area contributed by atoms with Gasteiger partial charge in [0.15, 0.2) is 0 Å². The normalized spacial score (nSPS) is 14.1. The van der Waals surface area contributed by atoms with Gasteiger partial charge in [0, 0.05) is 41.1 Å². The Balaban J connectivity index is 1.55. The van der Waals surface area contributed by atoms with Crippen LogP contribution in [0.15, 0.2) is 59.8 Å². The molecule has 3 aromatic rings. The van der Waals surface area contributed by atoms with Gasteiger partial charge in [-0.2, -0.15) is 5.10 Å². The molecule has 0 bridgehead atoms. The number of carboxylic acid groups (broad SMARTS) is 1. The molecule has 4 rings (SSSR count). The van der Waals surface area contributed by atoms with Crippen molar-refractivity contribution in [3.8, 4) is 11.1 Å². The summed E-state index contributed by atoms with van der Waals surface area (Å²) < 4.78 is 26.1. The Bertz CT molecular complexity index is 1330. The Morgan fingerprint density at radius 1 is 1.21 bits per heavy atom. The van der Waals surface area contributed by atoms with Gasteiger partial charge in [-0.05, 0) is 23.8 Å². The Kier molecular flexibility index (Phi) is 6.11. The van der Waals surface area contributed by atoms with Gasteiger partial charge in [-0.25, -0.2) is 18.4 Å². The van der Waals surface area contributed by atoms with Crippen LogP contribution >= 0.6 is 11.6 Å². The maximum Gasteiger partial charge on any atom is 0.407 e. The van der Waals surface area contributed by atoms with Crippen LogP contribution in [0, 0.1) is 0 Å². The van der Waals surface area contributed by atoms with E-state index in [-0.39, 0.29) is 29.0 Å². The molecule has 2 aromatic carbocycles. The third kappa shape index (κ3) is 5.00. The van der Waals surface area contributed by atoms with Crippen molar-refractivity contribution in [2.24, 2.45) is 5.14 Å². The number of carbonyl (C=O) groups excluding carboxylic acids is 1. The number of nitrogens with zero attached hydrogens (tertiary/aromatic N) is 3. The number of benzene rings is 2. The molecular formula is C21H20ClN5O5S. The monoisotopic (exact) mass is 489 g/mol. The molecule has 1 fully saturated rings. The number of primary sulfonamides is 1. The summed E-state index contributed by atoms with van der Waals surface area (Å²) in [7, 11) is -4.12. The summed E-state index contributed by atoms with van der Waals surface area (Å²) in [6.45, 7) is 0.601. The third-order valence-electron chi connectivity index (χ3n) is 5.30. The quantitative estimate of drug-likeness (QED) is 0.484. The average Bonchev–Trinajstić information content (AvgIpc) is 3.17. The molecule has 33 heavy (non-hydrogen) atoms. The lowest BCUT2D eigenvalue weighted by atomic mass is 10.1. The molecule has 0 saturated carbocycles. The molecule has 172 valence electrons. The van der Waals surface area contributed by atoms with Crippen LogP contribution < -0.4 is 10.5 Å². The zero-order chi connectivity index (χ0) is 23.8. The summed E-state index contributed by atoms with van der Waals surface area (Å²) in [6, 6.07) is 11.2. The van der Waals surface area contributed by atoms with Crippen molar-refractivity contribution in [1.29, 1.82) is 0 Å².